The van der Waals surface area contributed by atoms with Crippen LogP contribution in [0.4, 0.5) is 0 Å². The van der Waals surface area contributed by atoms with Gasteiger partial charge in [-0.2, -0.15) is 0 Å². The molecule has 0 aliphatic carbocycles. The van der Waals surface area contributed by atoms with E-state index in [9.17, 15) is 15.0 Å². The number of methoxy groups -OCH3 is 1. The van der Waals surface area contributed by atoms with Gasteiger partial charge in [0.05, 0.1) is 6.10 Å². The van der Waals surface area contributed by atoms with Gasteiger partial charge >= 0.3 is 0 Å². The van der Waals surface area contributed by atoms with E-state index in [1.807, 2.05) is 44.2 Å². The molecule has 0 unspecified atom stereocenters. The van der Waals surface area contributed by atoms with Crippen LogP contribution in [-0.4, -0.2) is 53.7 Å². The molecule has 0 saturated carbocycles. The van der Waals surface area contributed by atoms with E-state index in [0.29, 0.717) is 6.42 Å². The van der Waals surface area contributed by atoms with Gasteiger partial charge in [-0.1, -0.05) is 49.3 Å². The molecular weight excluding hydrogens is 334 g/mol. The third kappa shape index (κ3) is 7.64. The Morgan fingerprint density at radius 3 is 2.35 bits per heavy atom. The highest BCUT2D eigenvalue weighted by molar-refractivity contribution is 5.93. The quantitative estimate of drug-likeness (QED) is 0.438. The van der Waals surface area contributed by atoms with Gasteiger partial charge in [-0.05, 0) is 31.2 Å². The SMILES string of the molecule is CO[C@H](/C(=N/OCC(=O)CCCc1ccccc1)[C@@H](O)[C@@H](C)O)C(C)C. The Kier molecular flexibility index (Phi) is 10.1. The van der Waals surface area contributed by atoms with Crippen molar-refractivity contribution >= 4 is 11.5 Å². The van der Waals surface area contributed by atoms with E-state index in [0.717, 1.165) is 12.8 Å². The number of aliphatic hydroxyl groups excluding tert-OH is 2. The molecule has 0 aromatic heterocycles. The molecule has 0 saturated heterocycles. The molecule has 6 nitrogen and oxygen atoms in total. The summed E-state index contributed by atoms with van der Waals surface area (Å²) in [5.74, 6) is -0.0357. The lowest BCUT2D eigenvalue weighted by Crippen LogP contribution is -2.42. The predicted octanol–water partition coefficient (Wildman–Crippen LogP) is 2.36. The summed E-state index contributed by atoms with van der Waals surface area (Å²) in [5.41, 5.74) is 1.39. The number of oxime groups is 1. The number of benzene rings is 1. The van der Waals surface area contributed by atoms with Crippen LogP contribution in [0.5, 0.6) is 0 Å². The standard InChI is InChI=1S/C20H31NO5/c1-14(2)20(25-4)18(19(24)15(3)22)21-26-13-17(23)12-8-11-16-9-6-5-7-10-16/h5-7,9-10,14-15,19-20,22,24H,8,11-13H2,1-4H3/b21-18+/t15-,19+,20+/m1/s1. The molecule has 2 N–H and O–H groups in total. The fourth-order valence-electron chi connectivity index (χ4n) is 2.64. The van der Waals surface area contributed by atoms with E-state index in [2.05, 4.69) is 5.16 Å². The molecule has 0 aliphatic heterocycles. The lowest BCUT2D eigenvalue weighted by atomic mass is 9.96. The first-order valence-corrected chi connectivity index (χ1v) is 9.01. The van der Waals surface area contributed by atoms with Crippen molar-refractivity contribution in [3.63, 3.8) is 0 Å². The molecule has 0 bridgehead atoms. The number of rotatable bonds is 12. The minimum absolute atomic E-state index is 0.0253. The highest BCUT2D eigenvalue weighted by Gasteiger charge is 2.29. The van der Waals surface area contributed by atoms with Crippen molar-refractivity contribution in [2.75, 3.05) is 13.7 Å². The van der Waals surface area contributed by atoms with Crippen molar-refractivity contribution in [1.29, 1.82) is 0 Å². The molecular formula is C20H31NO5. The molecule has 146 valence electrons. The van der Waals surface area contributed by atoms with E-state index in [-0.39, 0.29) is 24.0 Å². The average Bonchev–Trinajstić information content (AvgIpc) is 2.61. The maximum absolute atomic E-state index is 12.0. The van der Waals surface area contributed by atoms with Crippen LogP contribution in [0.15, 0.2) is 35.5 Å². The fraction of sp³-hybridized carbons (Fsp3) is 0.600. The number of carbonyl (C=O) groups is 1. The van der Waals surface area contributed by atoms with Crippen molar-refractivity contribution in [1.82, 2.24) is 0 Å². The zero-order valence-electron chi connectivity index (χ0n) is 16.1. The average molecular weight is 365 g/mol. The predicted molar refractivity (Wildman–Crippen MR) is 101 cm³/mol. The molecule has 1 aromatic carbocycles. The summed E-state index contributed by atoms with van der Waals surface area (Å²) in [6.07, 6.45) is -0.762. The molecule has 0 fully saturated rings. The van der Waals surface area contributed by atoms with Crippen LogP contribution in [0.1, 0.15) is 39.2 Å². The summed E-state index contributed by atoms with van der Waals surface area (Å²) in [7, 11) is 1.50. The van der Waals surface area contributed by atoms with Gasteiger partial charge in [-0.15, -0.1) is 0 Å². The summed E-state index contributed by atoms with van der Waals surface area (Å²) >= 11 is 0. The van der Waals surface area contributed by atoms with Gasteiger partial charge < -0.3 is 19.8 Å². The van der Waals surface area contributed by atoms with Crippen LogP contribution in [0, 0.1) is 5.92 Å². The largest absolute Gasteiger partial charge is 0.390 e. The topological polar surface area (TPSA) is 88.4 Å². The Morgan fingerprint density at radius 2 is 1.81 bits per heavy atom. The zero-order valence-corrected chi connectivity index (χ0v) is 16.1. The Morgan fingerprint density at radius 1 is 1.15 bits per heavy atom. The van der Waals surface area contributed by atoms with Crippen LogP contribution >= 0.6 is 0 Å². The summed E-state index contributed by atoms with van der Waals surface area (Å²) in [5, 5.41) is 23.7. The maximum Gasteiger partial charge on any atom is 0.175 e. The van der Waals surface area contributed by atoms with Crippen molar-refractivity contribution in [3.05, 3.63) is 35.9 Å². The molecule has 0 amide bonds. The third-order valence-corrected chi connectivity index (χ3v) is 4.07. The van der Waals surface area contributed by atoms with Gasteiger partial charge in [-0.3, -0.25) is 4.79 Å². The molecule has 0 heterocycles. The van der Waals surface area contributed by atoms with Gasteiger partial charge in [0.2, 0.25) is 0 Å². The first kappa shape index (κ1) is 22.3. The first-order valence-electron chi connectivity index (χ1n) is 9.01. The summed E-state index contributed by atoms with van der Waals surface area (Å²) in [6, 6.07) is 9.98. The smallest absolute Gasteiger partial charge is 0.175 e. The maximum atomic E-state index is 12.0. The van der Waals surface area contributed by atoms with Gasteiger partial charge in [0.1, 0.15) is 17.9 Å². The molecule has 1 rings (SSSR count). The Labute approximate surface area is 155 Å². The van der Waals surface area contributed by atoms with Crippen molar-refractivity contribution in [2.45, 2.75) is 58.3 Å². The van der Waals surface area contributed by atoms with Crippen LogP contribution in [0.3, 0.4) is 0 Å². The lowest BCUT2D eigenvalue weighted by molar-refractivity contribution is -0.123. The number of hydrogen-bond acceptors (Lipinski definition) is 6. The summed E-state index contributed by atoms with van der Waals surface area (Å²) < 4.78 is 5.35. The van der Waals surface area contributed by atoms with Crippen molar-refractivity contribution in [3.8, 4) is 0 Å². The second-order valence-corrected chi connectivity index (χ2v) is 6.75. The minimum atomic E-state index is -1.21. The minimum Gasteiger partial charge on any atom is -0.390 e. The number of aliphatic hydroxyl groups is 2. The Balaban J connectivity index is 2.53. The van der Waals surface area contributed by atoms with E-state index in [1.165, 1.54) is 19.6 Å². The zero-order chi connectivity index (χ0) is 19.5. The van der Waals surface area contributed by atoms with Gasteiger partial charge in [-0.25, -0.2) is 0 Å². The van der Waals surface area contributed by atoms with Crippen molar-refractivity contribution in [2.24, 2.45) is 11.1 Å². The Bertz CT molecular complexity index is 557. The van der Waals surface area contributed by atoms with Gasteiger partial charge in [0.15, 0.2) is 12.4 Å². The van der Waals surface area contributed by atoms with Gasteiger partial charge in [0, 0.05) is 13.5 Å². The van der Waals surface area contributed by atoms with Crippen LogP contribution in [0.25, 0.3) is 0 Å². The third-order valence-electron chi connectivity index (χ3n) is 4.07. The van der Waals surface area contributed by atoms with E-state index < -0.39 is 18.3 Å². The number of Topliss-reactive ketones (excluding diaryl/α,β-unsaturated/α-hetero) is 1. The monoisotopic (exact) mass is 365 g/mol. The second-order valence-electron chi connectivity index (χ2n) is 6.75. The number of aryl methyl sites for hydroxylation is 1. The van der Waals surface area contributed by atoms with E-state index in [4.69, 9.17) is 9.57 Å². The summed E-state index contributed by atoms with van der Waals surface area (Å²) in [6.45, 7) is 5.11. The van der Waals surface area contributed by atoms with Crippen molar-refractivity contribution < 1.29 is 24.6 Å². The van der Waals surface area contributed by atoms with Crippen LogP contribution in [-0.2, 0) is 20.8 Å². The number of nitrogens with zero attached hydrogens (tertiary/aromatic N) is 1. The fourth-order valence-corrected chi connectivity index (χ4v) is 2.64. The molecule has 1 aromatic rings. The molecule has 3 atom stereocenters. The number of ether oxygens (including phenoxy) is 1. The highest BCUT2D eigenvalue weighted by atomic mass is 16.6. The van der Waals surface area contributed by atoms with E-state index >= 15 is 0 Å². The lowest BCUT2D eigenvalue weighted by Gasteiger charge is -2.25. The summed E-state index contributed by atoms with van der Waals surface area (Å²) in [4.78, 5) is 17.1. The highest BCUT2D eigenvalue weighted by Crippen LogP contribution is 2.13. The first-order chi connectivity index (χ1) is 12.4. The normalized spacial score (nSPS) is 15.6. The van der Waals surface area contributed by atoms with Crippen LogP contribution in [0.2, 0.25) is 0 Å². The Hall–Kier alpha value is -1.76. The van der Waals surface area contributed by atoms with Gasteiger partial charge in [0.25, 0.3) is 0 Å². The molecule has 26 heavy (non-hydrogen) atoms. The molecule has 0 radical (unpaired) electrons. The molecule has 0 aliphatic rings. The molecule has 0 spiro atoms. The number of carbonyl (C=O) groups excluding carboxylic acids is 1. The van der Waals surface area contributed by atoms with E-state index in [1.54, 1.807) is 0 Å². The van der Waals surface area contributed by atoms with Crippen LogP contribution < -0.4 is 0 Å². The molecule has 6 heteroatoms. The number of hydrogen-bond donors (Lipinski definition) is 2. The number of ketones is 1. The second kappa shape index (κ2) is 11.8.